The molecule has 5 nitrogen and oxygen atoms in total. The fraction of sp³-hybridized carbons (Fsp3) is 0.360. The summed E-state index contributed by atoms with van der Waals surface area (Å²) in [6.07, 6.45) is 5.80. The SMILES string of the molecule is O=C(CN1CCCCCC1)Nc1c2c(nc3ccccc13)N(c1ccccc1)CC2. The molecule has 0 unspecified atom stereocenters. The van der Waals surface area contributed by atoms with Gasteiger partial charge in [0.1, 0.15) is 5.82 Å². The number of benzene rings is 2. The molecule has 0 atom stereocenters. The molecule has 5 rings (SSSR count). The van der Waals surface area contributed by atoms with Crippen LogP contribution in [0.5, 0.6) is 0 Å². The summed E-state index contributed by atoms with van der Waals surface area (Å²) >= 11 is 0. The van der Waals surface area contributed by atoms with E-state index in [1.54, 1.807) is 0 Å². The van der Waals surface area contributed by atoms with E-state index in [0.717, 1.165) is 59.7 Å². The number of rotatable bonds is 4. The summed E-state index contributed by atoms with van der Waals surface area (Å²) in [6.45, 7) is 3.38. The molecule has 2 aliphatic heterocycles. The minimum atomic E-state index is 0.0774. The predicted octanol–water partition coefficient (Wildman–Crippen LogP) is 4.74. The molecular formula is C25H28N4O. The number of hydrogen-bond acceptors (Lipinski definition) is 4. The number of nitrogens with zero attached hydrogens (tertiary/aromatic N) is 3. The van der Waals surface area contributed by atoms with Gasteiger partial charge in [-0.15, -0.1) is 0 Å². The second-order valence-corrected chi connectivity index (χ2v) is 8.28. The number of para-hydroxylation sites is 2. The van der Waals surface area contributed by atoms with E-state index in [4.69, 9.17) is 4.98 Å². The zero-order valence-electron chi connectivity index (χ0n) is 17.3. The fourth-order valence-corrected chi connectivity index (χ4v) is 4.71. The molecule has 1 amide bonds. The first-order valence-corrected chi connectivity index (χ1v) is 11.1. The Morgan fingerprint density at radius 2 is 1.63 bits per heavy atom. The highest BCUT2D eigenvalue weighted by Crippen LogP contribution is 2.40. The minimum Gasteiger partial charge on any atom is -0.326 e. The third-order valence-corrected chi connectivity index (χ3v) is 6.21. The van der Waals surface area contributed by atoms with Crippen molar-refractivity contribution in [3.05, 3.63) is 60.2 Å². The molecule has 0 saturated carbocycles. The van der Waals surface area contributed by atoms with E-state index in [0.29, 0.717) is 6.54 Å². The number of pyridine rings is 1. The van der Waals surface area contributed by atoms with E-state index >= 15 is 0 Å². The third kappa shape index (κ3) is 3.77. The smallest absolute Gasteiger partial charge is 0.238 e. The molecule has 30 heavy (non-hydrogen) atoms. The van der Waals surface area contributed by atoms with E-state index in [1.165, 1.54) is 25.7 Å². The van der Waals surface area contributed by atoms with Crippen LogP contribution in [-0.2, 0) is 11.2 Å². The number of carbonyl (C=O) groups is 1. The Labute approximate surface area is 177 Å². The lowest BCUT2D eigenvalue weighted by Crippen LogP contribution is -2.34. The summed E-state index contributed by atoms with van der Waals surface area (Å²) in [5, 5.41) is 4.30. The summed E-state index contributed by atoms with van der Waals surface area (Å²) in [4.78, 5) is 22.5. The predicted molar refractivity (Wildman–Crippen MR) is 122 cm³/mol. The molecular weight excluding hydrogens is 372 g/mol. The molecule has 2 aromatic carbocycles. The molecule has 1 N–H and O–H groups in total. The maximum absolute atomic E-state index is 13.0. The molecule has 1 saturated heterocycles. The monoisotopic (exact) mass is 400 g/mol. The Hall–Kier alpha value is -2.92. The van der Waals surface area contributed by atoms with Crippen LogP contribution in [-0.4, -0.2) is 42.0 Å². The van der Waals surface area contributed by atoms with Crippen molar-refractivity contribution in [2.75, 3.05) is 36.4 Å². The van der Waals surface area contributed by atoms with Crippen molar-refractivity contribution >= 4 is 34.0 Å². The topological polar surface area (TPSA) is 48.5 Å². The Morgan fingerprint density at radius 1 is 0.900 bits per heavy atom. The van der Waals surface area contributed by atoms with Crippen LogP contribution in [0.4, 0.5) is 17.2 Å². The van der Waals surface area contributed by atoms with Crippen molar-refractivity contribution in [3.63, 3.8) is 0 Å². The van der Waals surface area contributed by atoms with Gasteiger partial charge in [0.15, 0.2) is 0 Å². The molecule has 154 valence electrons. The lowest BCUT2D eigenvalue weighted by atomic mass is 10.1. The summed E-state index contributed by atoms with van der Waals surface area (Å²) in [5.74, 6) is 1.04. The average Bonchev–Trinajstić information content (AvgIpc) is 3.03. The van der Waals surface area contributed by atoms with Gasteiger partial charge in [-0.25, -0.2) is 4.98 Å². The molecule has 3 aromatic rings. The van der Waals surface area contributed by atoms with E-state index in [1.807, 2.05) is 24.3 Å². The lowest BCUT2D eigenvalue weighted by Gasteiger charge is -2.21. The normalized spacial score (nSPS) is 17.0. The van der Waals surface area contributed by atoms with Crippen LogP contribution in [0.25, 0.3) is 10.9 Å². The van der Waals surface area contributed by atoms with Gasteiger partial charge in [0.05, 0.1) is 17.7 Å². The Kier molecular flexibility index (Phi) is 5.37. The van der Waals surface area contributed by atoms with Crippen molar-refractivity contribution in [2.24, 2.45) is 0 Å². The molecule has 0 radical (unpaired) electrons. The quantitative estimate of drug-likeness (QED) is 0.687. The highest BCUT2D eigenvalue weighted by molar-refractivity contribution is 6.05. The van der Waals surface area contributed by atoms with Gasteiger partial charge in [-0.2, -0.15) is 0 Å². The van der Waals surface area contributed by atoms with Gasteiger partial charge in [-0.05, 0) is 50.6 Å². The zero-order chi connectivity index (χ0) is 20.3. The Balaban J connectivity index is 1.48. The average molecular weight is 401 g/mol. The summed E-state index contributed by atoms with van der Waals surface area (Å²) in [7, 11) is 0. The largest absolute Gasteiger partial charge is 0.326 e. The molecule has 5 heteroatoms. The first-order chi connectivity index (χ1) is 14.8. The van der Waals surface area contributed by atoms with Crippen molar-refractivity contribution in [3.8, 4) is 0 Å². The summed E-state index contributed by atoms with van der Waals surface area (Å²) in [6, 6.07) is 18.5. The molecule has 0 spiro atoms. The number of anilines is 3. The number of nitrogens with one attached hydrogen (secondary N) is 1. The number of carbonyl (C=O) groups excluding carboxylic acids is 1. The standard InChI is InChI=1S/C25H28N4O/c30-23(18-28-15-8-1-2-9-16-28)27-24-20-12-6-7-13-22(20)26-25-21(24)14-17-29(25)19-10-4-3-5-11-19/h3-7,10-13H,1-2,8-9,14-18H2,(H,26,27,30). The maximum atomic E-state index is 13.0. The number of aromatic nitrogens is 1. The van der Waals surface area contributed by atoms with Crippen molar-refractivity contribution in [1.29, 1.82) is 0 Å². The van der Waals surface area contributed by atoms with Crippen LogP contribution in [0.2, 0.25) is 0 Å². The number of amides is 1. The van der Waals surface area contributed by atoms with Gasteiger partial charge in [-0.3, -0.25) is 9.69 Å². The second-order valence-electron chi connectivity index (χ2n) is 8.28. The first-order valence-electron chi connectivity index (χ1n) is 11.1. The summed E-state index contributed by atoms with van der Waals surface area (Å²) < 4.78 is 0. The van der Waals surface area contributed by atoms with Gasteiger partial charge in [-0.1, -0.05) is 49.2 Å². The molecule has 3 heterocycles. The maximum Gasteiger partial charge on any atom is 0.238 e. The number of hydrogen-bond donors (Lipinski definition) is 1. The highest BCUT2D eigenvalue weighted by atomic mass is 16.2. The first kappa shape index (κ1) is 19.1. The minimum absolute atomic E-state index is 0.0774. The van der Waals surface area contributed by atoms with Crippen molar-refractivity contribution < 1.29 is 4.79 Å². The van der Waals surface area contributed by atoms with Gasteiger partial charge in [0.2, 0.25) is 5.91 Å². The van der Waals surface area contributed by atoms with Crippen molar-refractivity contribution in [2.45, 2.75) is 32.1 Å². The molecule has 0 bridgehead atoms. The van der Waals surface area contributed by atoms with Crippen LogP contribution in [0.15, 0.2) is 54.6 Å². The summed E-state index contributed by atoms with van der Waals surface area (Å²) in [5.41, 5.74) is 4.14. The van der Waals surface area contributed by atoms with Gasteiger partial charge < -0.3 is 10.2 Å². The number of likely N-dealkylation sites (tertiary alicyclic amines) is 1. The molecule has 1 aromatic heterocycles. The van der Waals surface area contributed by atoms with Crippen LogP contribution in [0.3, 0.4) is 0 Å². The van der Waals surface area contributed by atoms with Crippen molar-refractivity contribution in [1.82, 2.24) is 9.88 Å². The lowest BCUT2D eigenvalue weighted by molar-refractivity contribution is -0.117. The third-order valence-electron chi connectivity index (χ3n) is 6.21. The Morgan fingerprint density at radius 3 is 2.43 bits per heavy atom. The highest BCUT2D eigenvalue weighted by Gasteiger charge is 2.27. The second kappa shape index (κ2) is 8.44. The molecule has 1 fully saturated rings. The van der Waals surface area contributed by atoms with Crippen LogP contribution < -0.4 is 10.2 Å². The van der Waals surface area contributed by atoms with Gasteiger partial charge >= 0.3 is 0 Å². The fourth-order valence-electron chi connectivity index (χ4n) is 4.71. The van der Waals surface area contributed by atoms with E-state index in [2.05, 4.69) is 45.4 Å². The van der Waals surface area contributed by atoms with Gasteiger partial charge in [0, 0.05) is 23.2 Å². The number of fused-ring (bicyclic) bond motifs is 2. The molecule has 0 aliphatic carbocycles. The Bertz CT molecular complexity index is 1040. The van der Waals surface area contributed by atoms with Gasteiger partial charge in [0.25, 0.3) is 0 Å². The van der Waals surface area contributed by atoms with Crippen LogP contribution >= 0.6 is 0 Å². The van der Waals surface area contributed by atoms with E-state index in [9.17, 15) is 4.79 Å². The molecule has 2 aliphatic rings. The van der Waals surface area contributed by atoms with E-state index < -0.39 is 0 Å². The van der Waals surface area contributed by atoms with Crippen LogP contribution in [0.1, 0.15) is 31.2 Å². The van der Waals surface area contributed by atoms with Crippen LogP contribution in [0, 0.1) is 0 Å². The zero-order valence-corrected chi connectivity index (χ0v) is 17.3. The van der Waals surface area contributed by atoms with E-state index in [-0.39, 0.29) is 5.91 Å².